The van der Waals surface area contributed by atoms with Gasteiger partial charge in [-0.25, -0.2) is 4.98 Å². The molecule has 1 aromatic carbocycles. The maximum Gasteiger partial charge on any atom is 0.252 e. The Labute approximate surface area is 172 Å². The molecule has 148 valence electrons. The summed E-state index contributed by atoms with van der Waals surface area (Å²) in [5.41, 5.74) is 2.89. The number of rotatable bonds is 6. The zero-order chi connectivity index (χ0) is 20.5. The van der Waals surface area contributed by atoms with Crippen LogP contribution in [0, 0.1) is 17.2 Å². The van der Waals surface area contributed by atoms with Crippen LogP contribution in [0.3, 0.4) is 0 Å². The van der Waals surface area contributed by atoms with Crippen LogP contribution in [0.15, 0.2) is 41.3 Å². The van der Waals surface area contributed by atoms with Gasteiger partial charge in [0, 0.05) is 36.1 Å². The molecule has 1 aliphatic carbocycles. The number of aromatic nitrogens is 2. The summed E-state index contributed by atoms with van der Waals surface area (Å²) in [6.07, 6.45) is 3.69. The maximum absolute atomic E-state index is 12.4. The van der Waals surface area contributed by atoms with E-state index in [9.17, 15) is 15.2 Å². The fraction of sp³-hybridized carbons (Fsp3) is 0.286. The molecule has 29 heavy (non-hydrogen) atoms. The number of hydrogen-bond acceptors (Lipinski definition) is 6. The summed E-state index contributed by atoms with van der Waals surface area (Å²) >= 11 is 6.02. The van der Waals surface area contributed by atoms with E-state index in [0.717, 1.165) is 29.4 Å². The minimum absolute atomic E-state index is 0.0142. The van der Waals surface area contributed by atoms with Crippen LogP contribution in [-0.4, -0.2) is 27.3 Å². The van der Waals surface area contributed by atoms with Gasteiger partial charge in [-0.3, -0.25) is 4.79 Å². The molecule has 7 nitrogen and oxygen atoms in total. The van der Waals surface area contributed by atoms with Crippen molar-refractivity contribution in [3.63, 3.8) is 0 Å². The van der Waals surface area contributed by atoms with Gasteiger partial charge in [-0.2, -0.15) is 5.26 Å². The molecular weight excluding hydrogens is 390 g/mol. The molecule has 1 saturated carbocycles. The van der Waals surface area contributed by atoms with Gasteiger partial charge in [0.2, 0.25) is 0 Å². The maximum atomic E-state index is 12.4. The predicted molar refractivity (Wildman–Crippen MR) is 114 cm³/mol. The first-order chi connectivity index (χ1) is 14.0. The molecule has 8 heteroatoms. The minimum Gasteiger partial charge on any atom is -0.394 e. The van der Waals surface area contributed by atoms with E-state index in [4.69, 9.17) is 11.6 Å². The Bertz CT molecular complexity index is 1180. The van der Waals surface area contributed by atoms with E-state index in [1.807, 2.05) is 18.2 Å². The summed E-state index contributed by atoms with van der Waals surface area (Å²) < 4.78 is 1.58. The number of aryl methyl sites for hydroxylation is 1. The number of anilines is 3. The first-order valence-electron chi connectivity index (χ1n) is 9.34. The Morgan fingerprint density at radius 2 is 2.14 bits per heavy atom. The van der Waals surface area contributed by atoms with Crippen LogP contribution in [-0.2, 0) is 7.05 Å². The van der Waals surface area contributed by atoms with Crippen molar-refractivity contribution in [2.45, 2.75) is 18.9 Å². The van der Waals surface area contributed by atoms with Gasteiger partial charge in [0.25, 0.3) is 5.56 Å². The Morgan fingerprint density at radius 3 is 2.83 bits per heavy atom. The summed E-state index contributed by atoms with van der Waals surface area (Å²) in [5.74, 6) is 0.428. The highest BCUT2D eigenvalue weighted by molar-refractivity contribution is 6.31. The number of nitrogens with zero attached hydrogens (tertiary/aromatic N) is 3. The molecule has 0 radical (unpaired) electrons. The van der Waals surface area contributed by atoms with Crippen molar-refractivity contribution in [3.05, 3.63) is 57.6 Å². The molecule has 1 fully saturated rings. The van der Waals surface area contributed by atoms with Crippen molar-refractivity contribution in [3.8, 4) is 6.07 Å². The van der Waals surface area contributed by atoms with E-state index in [2.05, 4.69) is 21.7 Å². The average Bonchev–Trinajstić information content (AvgIpc) is 3.55. The molecule has 4 rings (SSSR count). The Balaban J connectivity index is 1.77. The fourth-order valence-corrected chi connectivity index (χ4v) is 3.67. The lowest BCUT2D eigenvalue weighted by molar-refractivity contribution is 0.263. The van der Waals surface area contributed by atoms with Gasteiger partial charge in [-0.05, 0) is 43.0 Å². The third-order valence-electron chi connectivity index (χ3n) is 5.27. The molecule has 0 spiro atoms. The van der Waals surface area contributed by atoms with E-state index in [0.29, 0.717) is 17.3 Å². The SMILES string of the molecule is Cn1c(=O)cc(N[C@H](CO)C2CC2)c2cc(Nc3ccnc(Cl)c3C#N)ccc21. The topological polar surface area (TPSA) is 103 Å². The van der Waals surface area contributed by atoms with Crippen molar-refractivity contribution >= 4 is 39.6 Å². The standard InChI is InChI=1S/C21H20ClN5O2/c1-27-19-5-4-13(25-16-6-7-24-21(22)15(16)10-23)8-14(19)17(9-20(27)29)26-18(11-28)12-2-3-12/h4-9,12,18,26,28H,2-3,11H2,1H3,(H,24,25)/t18-/m1/s1. The quantitative estimate of drug-likeness (QED) is 0.539. The predicted octanol–water partition coefficient (Wildman–Crippen LogP) is 3.38. The van der Waals surface area contributed by atoms with E-state index in [1.165, 1.54) is 6.20 Å². The molecule has 2 heterocycles. The smallest absolute Gasteiger partial charge is 0.252 e. The summed E-state index contributed by atoms with van der Waals surface area (Å²) in [6.45, 7) is 0.0142. The van der Waals surface area contributed by atoms with E-state index >= 15 is 0 Å². The van der Waals surface area contributed by atoms with E-state index in [1.54, 1.807) is 23.7 Å². The number of hydrogen-bond donors (Lipinski definition) is 3. The summed E-state index contributed by atoms with van der Waals surface area (Å²) in [7, 11) is 1.72. The minimum atomic E-state index is -0.124. The second-order valence-electron chi connectivity index (χ2n) is 7.22. The second-order valence-corrected chi connectivity index (χ2v) is 7.58. The van der Waals surface area contributed by atoms with Gasteiger partial charge in [0.15, 0.2) is 0 Å². The second kappa shape index (κ2) is 7.74. The highest BCUT2D eigenvalue weighted by atomic mass is 35.5. The normalized spacial score (nSPS) is 14.4. The third kappa shape index (κ3) is 3.77. The van der Waals surface area contributed by atoms with Crippen LogP contribution in [0.1, 0.15) is 18.4 Å². The van der Waals surface area contributed by atoms with Crippen LogP contribution < -0.4 is 16.2 Å². The molecule has 1 aliphatic rings. The third-order valence-corrected chi connectivity index (χ3v) is 5.56. The van der Waals surface area contributed by atoms with Crippen molar-refractivity contribution in [1.29, 1.82) is 5.26 Å². The molecule has 2 aromatic heterocycles. The molecule has 0 aliphatic heterocycles. The van der Waals surface area contributed by atoms with Crippen molar-refractivity contribution in [2.75, 3.05) is 17.2 Å². The van der Waals surface area contributed by atoms with Crippen LogP contribution >= 0.6 is 11.6 Å². The van der Waals surface area contributed by atoms with Gasteiger partial charge < -0.3 is 20.3 Å². The first-order valence-corrected chi connectivity index (χ1v) is 9.72. The number of halogens is 1. The lowest BCUT2D eigenvalue weighted by atomic mass is 10.1. The van der Waals surface area contributed by atoms with Gasteiger partial charge in [-0.1, -0.05) is 11.6 Å². The highest BCUT2D eigenvalue weighted by Crippen LogP contribution is 2.35. The zero-order valence-electron chi connectivity index (χ0n) is 15.8. The van der Waals surface area contributed by atoms with E-state index < -0.39 is 0 Å². The number of aliphatic hydroxyl groups excluding tert-OH is 1. The molecule has 0 saturated heterocycles. The molecule has 3 aromatic rings. The number of aliphatic hydroxyl groups is 1. The molecule has 0 unspecified atom stereocenters. The summed E-state index contributed by atoms with van der Waals surface area (Å²) in [4.78, 5) is 16.3. The first kappa shape index (κ1) is 19.2. The van der Waals surface area contributed by atoms with Crippen molar-refractivity contribution in [1.82, 2.24) is 9.55 Å². The Kier molecular flexibility index (Phi) is 5.14. The molecule has 0 amide bonds. The lowest BCUT2D eigenvalue weighted by Gasteiger charge is -2.20. The molecule has 0 bridgehead atoms. The largest absolute Gasteiger partial charge is 0.394 e. The van der Waals surface area contributed by atoms with Crippen molar-refractivity contribution in [2.24, 2.45) is 13.0 Å². The van der Waals surface area contributed by atoms with Gasteiger partial charge >= 0.3 is 0 Å². The fourth-order valence-electron chi connectivity index (χ4n) is 3.47. The van der Waals surface area contributed by atoms with Crippen LogP contribution in [0.4, 0.5) is 17.1 Å². The van der Waals surface area contributed by atoms with Crippen LogP contribution in [0.2, 0.25) is 5.15 Å². The van der Waals surface area contributed by atoms with Crippen molar-refractivity contribution < 1.29 is 5.11 Å². The Morgan fingerprint density at radius 1 is 1.34 bits per heavy atom. The van der Waals surface area contributed by atoms with Gasteiger partial charge in [0.05, 0.1) is 23.9 Å². The number of pyridine rings is 2. The molecule has 1 atom stereocenters. The summed E-state index contributed by atoms with van der Waals surface area (Å²) in [5, 5.41) is 26.6. The lowest BCUT2D eigenvalue weighted by Crippen LogP contribution is -2.27. The monoisotopic (exact) mass is 409 g/mol. The molecular formula is C21H20ClN5O2. The number of nitrogens with one attached hydrogen (secondary N) is 2. The summed E-state index contributed by atoms with van der Waals surface area (Å²) in [6, 6.07) is 10.8. The zero-order valence-corrected chi connectivity index (χ0v) is 16.6. The number of nitriles is 1. The van der Waals surface area contributed by atoms with E-state index in [-0.39, 0.29) is 28.9 Å². The number of benzene rings is 1. The molecule has 3 N–H and O–H groups in total. The average molecular weight is 410 g/mol. The highest BCUT2D eigenvalue weighted by Gasteiger charge is 2.31. The van der Waals surface area contributed by atoms with Gasteiger partial charge in [0.1, 0.15) is 16.8 Å². The Hall–Kier alpha value is -3.08. The number of fused-ring (bicyclic) bond motifs is 1. The van der Waals surface area contributed by atoms with Gasteiger partial charge in [-0.15, -0.1) is 0 Å². The van der Waals surface area contributed by atoms with Crippen LogP contribution in [0.25, 0.3) is 10.9 Å². The van der Waals surface area contributed by atoms with Crippen LogP contribution in [0.5, 0.6) is 0 Å².